The predicted molar refractivity (Wildman–Crippen MR) is 138 cm³/mol. The van der Waals surface area contributed by atoms with Gasteiger partial charge in [0.05, 0.1) is 25.9 Å². The SMILES string of the molecule is CC(=O)O[C@H]1CO[C@H]2[C@@H]1N(C(=O)OC(C)(C)C)C[C@@H]2F.CC(=O)O[C@H]1CO[C@H]2[C@@H]1N(C(=O)OC(C)(C)C)C[C@H]2C. The monoisotopic (exact) mass is 574 g/mol. The molecule has 4 rings (SSSR count). The van der Waals surface area contributed by atoms with Gasteiger partial charge in [0.1, 0.15) is 47.8 Å². The number of fused-ring (bicyclic) bond motifs is 2. The first-order valence-electron chi connectivity index (χ1n) is 13.6. The van der Waals surface area contributed by atoms with Gasteiger partial charge in [-0.3, -0.25) is 19.4 Å². The zero-order valence-corrected chi connectivity index (χ0v) is 24.8. The molecule has 4 saturated heterocycles. The molecule has 0 aromatic carbocycles. The Labute approximate surface area is 234 Å². The number of amides is 2. The molecule has 0 spiro atoms. The summed E-state index contributed by atoms with van der Waals surface area (Å²) in [5, 5.41) is 0. The fraction of sp³-hybridized carbons (Fsp3) is 0.852. The number of hydrogen-bond donors (Lipinski definition) is 0. The van der Waals surface area contributed by atoms with E-state index in [1.807, 2.05) is 27.7 Å². The molecule has 4 aliphatic rings. The van der Waals surface area contributed by atoms with Gasteiger partial charge in [-0.05, 0) is 41.5 Å². The number of hydrogen-bond acceptors (Lipinski definition) is 10. The molecule has 4 fully saturated rings. The summed E-state index contributed by atoms with van der Waals surface area (Å²) in [6.07, 6.45) is -4.19. The van der Waals surface area contributed by atoms with E-state index in [1.165, 1.54) is 18.7 Å². The average molecular weight is 575 g/mol. The lowest BCUT2D eigenvalue weighted by molar-refractivity contribution is -0.149. The minimum absolute atomic E-state index is 0.0909. The van der Waals surface area contributed by atoms with Crippen LogP contribution in [0, 0.1) is 5.92 Å². The van der Waals surface area contributed by atoms with E-state index in [2.05, 4.69) is 0 Å². The highest BCUT2D eigenvalue weighted by Gasteiger charge is 2.55. The average Bonchev–Trinajstić information content (AvgIpc) is 3.51. The van der Waals surface area contributed by atoms with Crippen LogP contribution < -0.4 is 0 Å². The molecular formula is C27H43FN2O10. The van der Waals surface area contributed by atoms with Crippen LogP contribution in [-0.4, -0.2) is 114 Å². The molecule has 0 saturated carbocycles. The summed E-state index contributed by atoms with van der Waals surface area (Å²) in [5.74, 6) is -0.637. The Morgan fingerprint density at radius 2 is 1.12 bits per heavy atom. The van der Waals surface area contributed by atoms with Gasteiger partial charge in [0.15, 0.2) is 0 Å². The number of likely N-dealkylation sites (tertiary alicyclic amines) is 2. The number of nitrogens with zero attached hydrogens (tertiary/aromatic N) is 2. The standard InChI is InChI=1S/C14H23NO5.C13H20FNO5/c1-8-6-15(13(17)20-14(3,4)5)11-10(19-9(2)16)7-18-12(8)11;1-7(16)19-9-6-18-11-8(14)5-15(10(9)11)12(17)20-13(2,3)4/h8,10-12H,6-7H2,1-5H3;8-11H,5-6H2,1-4H3/t8-,10+,11-,12-;8-,9-,10+,11+/m10/s1. The molecule has 2 amide bonds. The summed E-state index contributed by atoms with van der Waals surface area (Å²) in [6, 6.07) is -0.868. The van der Waals surface area contributed by atoms with Gasteiger partial charge in [0, 0.05) is 26.3 Å². The molecule has 13 heteroatoms. The number of esters is 2. The van der Waals surface area contributed by atoms with Gasteiger partial charge in [-0.25, -0.2) is 14.0 Å². The summed E-state index contributed by atoms with van der Waals surface area (Å²) in [7, 11) is 0. The number of alkyl halides is 1. The van der Waals surface area contributed by atoms with Gasteiger partial charge < -0.3 is 28.4 Å². The molecule has 12 nitrogen and oxygen atoms in total. The van der Waals surface area contributed by atoms with Gasteiger partial charge in [0.2, 0.25) is 0 Å². The zero-order valence-electron chi connectivity index (χ0n) is 24.8. The molecule has 40 heavy (non-hydrogen) atoms. The van der Waals surface area contributed by atoms with Crippen LogP contribution >= 0.6 is 0 Å². The van der Waals surface area contributed by atoms with E-state index < -0.39 is 53.8 Å². The van der Waals surface area contributed by atoms with Crippen molar-refractivity contribution in [3.05, 3.63) is 0 Å². The fourth-order valence-corrected chi connectivity index (χ4v) is 5.42. The minimum Gasteiger partial charge on any atom is -0.458 e. The Morgan fingerprint density at radius 3 is 1.55 bits per heavy atom. The number of carbonyl (C=O) groups is 4. The first-order chi connectivity index (χ1) is 18.4. The highest BCUT2D eigenvalue weighted by Crippen LogP contribution is 2.36. The minimum atomic E-state index is -1.30. The van der Waals surface area contributed by atoms with Gasteiger partial charge in [-0.15, -0.1) is 0 Å². The number of carbonyl (C=O) groups excluding carboxylic acids is 4. The molecular weight excluding hydrogens is 531 g/mol. The first kappa shape index (κ1) is 31.9. The Morgan fingerprint density at radius 1 is 0.725 bits per heavy atom. The van der Waals surface area contributed by atoms with Crippen molar-refractivity contribution >= 4 is 24.1 Å². The molecule has 0 N–H and O–H groups in total. The molecule has 0 unspecified atom stereocenters. The molecule has 0 aliphatic carbocycles. The van der Waals surface area contributed by atoms with Crippen molar-refractivity contribution in [2.24, 2.45) is 5.92 Å². The van der Waals surface area contributed by atoms with Gasteiger partial charge in [0.25, 0.3) is 0 Å². The maximum absolute atomic E-state index is 13.9. The maximum atomic E-state index is 13.9. The van der Waals surface area contributed by atoms with E-state index in [4.69, 9.17) is 28.4 Å². The van der Waals surface area contributed by atoms with Crippen molar-refractivity contribution in [2.75, 3.05) is 26.3 Å². The van der Waals surface area contributed by atoms with Crippen molar-refractivity contribution in [3.8, 4) is 0 Å². The summed E-state index contributed by atoms with van der Waals surface area (Å²) in [5.41, 5.74) is -1.22. The largest absolute Gasteiger partial charge is 0.458 e. The van der Waals surface area contributed by atoms with Crippen molar-refractivity contribution < 1.29 is 52.0 Å². The van der Waals surface area contributed by atoms with Crippen LogP contribution in [0.25, 0.3) is 0 Å². The molecule has 0 aromatic rings. The third kappa shape index (κ3) is 7.74. The van der Waals surface area contributed by atoms with Crippen LogP contribution in [0.3, 0.4) is 0 Å². The van der Waals surface area contributed by atoms with Gasteiger partial charge in [-0.2, -0.15) is 0 Å². The molecule has 0 aromatic heterocycles. The molecule has 0 radical (unpaired) electrons. The molecule has 0 bridgehead atoms. The maximum Gasteiger partial charge on any atom is 0.410 e. The summed E-state index contributed by atoms with van der Waals surface area (Å²) < 4.78 is 46.0. The second-order valence-electron chi connectivity index (χ2n) is 12.6. The quantitative estimate of drug-likeness (QED) is 0.358. The third-order valence-electron chi connectivity index (χ3n) is 6.72. The molecule has 4 aliphatic heterocycles. The van der Waals surface area contributed by atoms with Crippen LogP contribution in [0.2, 0.25) is 0 Å². The van der Waals surface area contributed by atoms with Crippen LogP contribution in [-0.2, 0) is 38.0 Å². The summed E-state index contributed by atoms with van der Waals surface area (Å²) in [4.78, 5) is 49.5. The Kier molecular flexibility index (Phi) is 9.60. The summed E-state index contributed by atoms with van der Waals surface area (Å²) in [6.45, 7) is 16.2. The lowest BCUT2D eigenvalue weighted by atomic mass is 10.0. The number of ether oxygens (including phenoxy) is 6. The highest BCUT2D eigenvalue weighted by molar-refractivity contribution is 5.71. The molecule has 4 heterocycles. The number of halogens is 1. The van der Waals surface area contributed by atoms with E-state index in [0.717, 1.165) is 0 Å². The first-order valence-corrected chi connectivity index (χ1v) is 13.6. The smallest absolute Gasteiger partial charge is 0.410 e. The lowest BCUT2D eigenvalue weighted by Crippen LogP contribution is -2.47. The Hall–Kier alpha value is -2.67. The van der Waals surface area contributed by atoms with Crippen molar-refractivity contribution in [3.63, 3.8) is 0 Å². The third-order valence-corrected chi connectivity index (χ3v) is 6.72. The number of rotatable bonds is 2. The Bertz CT molecular complexity index is 888. The van der Waals surface area contributed by atoms with Gasteiger partial charge in [-0.1, -0.05) is 6.92 Å². The van der Waals surface area contributed by atoms with Crippen LogP contribution in [0.4, 0.5) is 14.0 Å². The molecule has 228 valence electrons. The van der Waals surface area contributed by atoms with Crippen LogP contribution in [0.15, 0.2) is 0 Å². The van der Waals surface area contributed by atoms with Crippen molar-refractivity contribution in [1.82, 2.24) is 9.80 Å². The lowest BCUT2D eigenvalue weighted by Gasteiger charge is -2.30. The van der Waals surface area contributed by atoms with E-state index in [1.54, 1.807) is 25.7 Å². The van der Waals surface area contributed by atoms with E-state index in [0.29, 0.717) is 13.2 Å². The van der Waals surface area contributed by atoms with E-state index >= 15 is 0 Å². The second kappa shape index (κ2) is 12.1. The van der Waals surface area contributed by atoms with E-state index in [9.17, 15) is 23.6 Å². The fourth-order valence-electron chi connectivity index (χ4n) is 5.42. The second-order valence-corrected chi connectivity index (χ2v) is 12.6. The Balaban J connectivity index is 0.000000220. The van der Waals surface area contributed by atoms with Crippen molar-refractivity contribution in [2.45, 2.75) is 116 Å². The predicted octanol–water partition coefficient (Wildman–Crippen LogP) is 2.85. The highest BCUT2D eigenvalue weighted by atomic mass is 19.1. The van der Waals surface area contributed by atoms with Crippen LogP contribution in [0.1, 0.15) is 62.3 Å². The summed E-state index contributed by atoms with van der Waals surface area (Å²) >= 11 is 0. The zero-order chi connectivity index (χ0) is 30.2. The van der Waals surface area contributed by atoms with Crippen LogP contribution in [0.5, 0.6) is 0 Å². The molecule has 8 atom stereocenters. The van der Waals surface area contributed by atoms with Gasteiger partial charge >= 0.3 is 24.1 Å². The normalized spacial score (nSPS) is 33.0. The topological polar surface area (TPSA) is 130 Å². The van der Waals surface area contributed by atoms with Crippen molar-refractivity contribution in [1.29, 1.82) is 0 Å². The van der Waals surface area contributed by atoms with E-state index in [-0.39, 0.29) is 43.3 Å².